The van der Waals surface area contributed by atoms with E-state index in [0.717, 1.165) is 48.5 Å². The van der Waals surface area contributed by atoms with E-state index in [2.05, 4.69) is 48.1 Å². The quantitative estimate of drug-likeness (QED) is 0.549. The van der Waals surface area contributed by atoms with E-state index in [4.69, 9.17) is 4.74 Å². The van der Waals surface area contributed by atoms with Gasteiger partial charge in [0.25, 0.3) is 5.91 Å². The highest BCUT2D eigenvalue weighted by Gasteiger charge is 2.26. The summed E-state index contributed by atoms with van der Waals surface area (Å²) in [6.07, 6.45) is 2.24. The van der Waals surface area contributed by atoms with Crippen molar-refractivity contribution in [3.8, 4) is 0 Å². The van der Waals surface area contributed by atoms with Crippen molar-refractivity contribution in [1.29, 1.82) is 0 Å². The molecular weight excluding hydrogens is 380 g/mol. The molecule has 1 aliphatic rings. The van der Waals surface area contributed by atoms with Crippen LogP contribution in [0.4, 0.5) is 0 Å². The van der Waals surface area contributed by atoms with E-state index in [1.165, 1.54) is 4.88 Å². The Morgan fingerprint density at radius 1 is 1.21 bits per heavy atom. The summed E-state index contributed by atoms with van der Waals surface area (Å²) in [7, 11) is 0. The van der Waals surface area contributed by atoms with Gasteiger partial charge in [0.1, 0.15) is 0 Å². The normalized spacial score (nSPS) is 16.3. The Balaban J connectivity index is 1.59. The maximum atomic E-state index is 13.6. The Morgan fingerprint density at radius 2 is 2.03 bits per heavy atom. The van der Waals surface area contributed by atoms with Crippen LogP contribution in [0.15, 0.2) is 53.9 Å². The zero-order valence-corrected chi connectivity index (χ0v) is 18.0. The van der Waals surface area contributed by atoms with Crippen LogP contribution in [0.5, 0.6) is 0 Å². The number of hydrogen-bond acceptors (Lipinski definition) is 3. The Bertz CT molecular complexity index is 941. The molecule has 5 heteroatoms. The first-order chi connectivity index (χ1) is 14.1. The molecule has 0 N–H and O–H groups in total. The van der Waals surface area contributed by atoms with Crippen molar-refractivity contribution in [3.63, 3.8) is 0 Å². The molecule has 1 atom stereocenters. The number of benzene rings is 1. The molecule has 3 aromatic rings. The molecule has 29 heavy (non-hydrogen) atoms. The Kier molecular flexibility index (Phi) is 6.16. The van der Waals surface area contributed by atoms with E-state index in [1.54, 1.807) is 11.3 Å². The van der Waals surface area contributed by atoms with Crippen LogP contribution in [0.3, 0.4) is 0 Å². The number of carbonyl (C=O) groups is 1. The van der Waals surface area contributed by atoms with Gasteiger partial charge < -0.3 is 14.2 Å². The van der Waals surface area contributed by atoms with E-state index in [0.29, 0.717) is 13.1 Å². The molecule has 2 aromatic heterocycles. The molecule has 3 heterocycles. The van der Waals surface area contributed by atoms with Crippen LogP contribution in [0.2, 0.25) is 0 Å². The molecule has 4 rings (SSSR count). The first-order valence-corrected chi connectivity index (χ1v) is 11.1. The molecule has 1 fully saturated rings. The highest BCUT2D eigenvalue weighted by atomic mass is 32.1. The summed E-state index contributed by atoms with van der Waals surface area (Å²) in [5, 5.41) is 2.10. The number of aryl methyl sites for hydroxylation is 1. The zero-order valence-electron chi connectivity index (χ0n) is 17.1. The van der Waals surface area contributed by atoms with Crippen molar-refractivity contribution >= 4 is 17.2 Å². The Hall–Kier alpha value is -2.37. The average Bonchev–Trinajstić information content (AvgIpc) is 3.47. The van der Waals surface area contributed by atoms with Crippen molar-refractivity contribution in [2.75, 3.05) is 13.2 Å². The van der Waals surface area contributed by atoms with Gasteiger partial charge in [0.05, 0.1) is 18.2 Å². The monoisotopic (exact) mass is 408 g/mol. The highest BCUT2D eigenvalue weighted by molar-refractivity contribution is 7.09. The third-order valence-corrected chi connectivity index (χ3v) is 6.51. The van der Waals surface area contributed by atoms with Gasteiger partial charge in [0.2, 0.25) is 0 Å². The SMILES string of the molecule is Cc1cc(C(=O)N(Cc2ccccc2)CC2CCCO2)c(C)n1Cc1cccs1. The molecule has 0 bridgehead atoms. The van der Waals surface area contributed by atoms with Crippen LogP contribution >= 0.6 is 11.3 Å². The van der Waals surface area contributed by atoms with Gasteiger partial charge in [-0.15, -0.1) is 11.3 Å². The summed E-state index contributed by atoms with van der Waals surface area (Å²) in [6, 6.07) is 16.5. The Morgan fingerprint density at radius 3 is 2.72 bits per heavy atom. The van der Waals surface area contributed by atoms with E-state index in [9.17, 15) is 4.79 Å². The molecule has 152 valence electrons. The number of nitrogens with zero attached hydrogens (tertiary/aromatic N) is 2. The first-order valence-electron chi connectivity index (χ1n) is 10.3. The van der Waals surface area contributed by atoms with E-state index < -0.39 is 0 Å². The fraction of sp³-hybridized carbons (Fsp3) is 0.375. The summed E-state index contributed by atoms with van der Waals surface area (Å²) in [4.78, 5) is 16.8. The lowest BCUT2D eigenvalue weighted by Gasteiger charge is -2.26. The second-order valence-electron chi connectivity index (χ2n) is 7.76. The van der Waals surface area contributed by atoms with Crippen LogP contribution in [0.1, 0.15) is 45.0 Å². The summed E-state index contributed by atoms with van der Waals surface area (Å²) >= 11 is 1.75. The second kappa shape index (κ2) is 8.97. The topological polar surface area (TPSA) is 34.5 Å². The summed E-state index contributed by atoms with van der Waals surface area (Å²) < 4.78 is 8.08. The fourth-order valence-electron chi connectivity index (χ4n) is 4.05. The molecule has 1 saturated heterocycles. The summed E-state index contributed by atoms with van der Waals surface area (Å²) in [5.41, 5.74) is 4.10. The van der Waals surface area contributed by atoms with Crippen LogP contribution < -0.4 is 0 Å². The number of amides is 1. The van der Waals surface area contributed by atoms with E-state index in [-0.39, 0.29) is 12.0 Å². The largest absolute Gasteiger partial charge is 0.376 e. The fourth-order valence-corrected chi connectivity index (χ4v) is 4.74. The molecule has 0 aliphatic carbocycles. The van der Waals surface area contributed by atoms with Crippen molar-refractivity contribution < 1.29 is 9.53 Å². The predicted molar refractivity (Wildman–Crippen MR) is 117 cm³/mol. The second-order valence-corrected chi connectivity index (χ2v) is 8.79. The molecule has 1 unspecified atom stereocenters. The van der Waals surface area contributed by atoms with E-state index >= 15 is 0 Å². The number of aromatic nitrogens is 1. The molecule has 0 spiro atoms. The third-order valence-electron chi connectivity index (χ3n) is 5.65. The Labute approximate surface area is 176 Å². The number of thiophene rings is 1. The molecular formula is C24H28N2O2S. The van der Waals surface area contributed by atoms with Gasteiger partial charge >= 0.3 is 0 Å². The van der Waals surface area contributed by atoms with Crippen LogP contribution in [0, 0.1) is 13.8 Å². The van der Waals surface area contributed by atoms with E-state index in [1.807, 2.05) is 29.2 Å². The maximum absolute atomic E-state index is 13.6. The lowest BCUT2D eigenvalue weighted by atomic mass is 10.1. The van der Waals surface area contributed by atoms with Gasteiger partial charge in [-0.3, -0.25) is 4.79 Å². The standard InChI is InChI=1S/C24H28N2O2S/c1-18-14-23(19(2)26(18)17-22-11-7-13-29-22)24(27)25(16-21-10-6-12-28-21)15-20-8-4-3-5-9-20/h3-5,7-9,11,13-14,21H,6,10,12,15-17H2,1-2H3. The third kappa shape index (κ3) is 4.62. The van der Waals surface area contributed by atoms with Crippen molar-refractivity contribution in [2.45, 2.75) is 45.9 Å². The zero-order chi connectivity index (χ0) is 20.2. The first kappa shape index (κ1) is 19.9. The van der Waals surface area contributed by atoms with Gasteiger partial charge in [-0.2, -0.15) is 0 Å². The summed E-state index contributed by atoms with van der Waals surface area (Å²) in [5.74, 6) is 0.0925. The minimum Gasteiger partial charge on any atom is -0.376 e. The van der Waals surface area contributed by atoms with Gasteiger partial charge in [-0.1, -0.05) is 36.4 Å². The number of ether oxygens (including phenoxy) is 1. The van der Waals surface area contributed by atoms with Crippen LogP contribution in [-0.2, 0) is 17.8 Å². The average molecular weight is 409 g/mol. The van der Waals surface area contributed by atoms with Crippen LogP contribution in [0.25, 0.3) is 0 Å². The van der Waals surface area contributed by atoms with Crippen molar-refractivity contribution in [2.24, 2.45) is 0 Å². The molecule has 1 aromatic carbocycles. The molecule has 4 nitrogen and oxygen atoms in total. The van der Waals surface area contributed by atoms with Gasteiger partial charge in [0.15, 0.2) is 0 Å². The molecule has 0 radical (unpaired) electrons. The lowest BCUT2D eigenvalue weighted by molar-refractivity contribution is 0.0506. The number of carbonyl (C=O) groups excluding carboxylic acids is 1. The van der Waals surface area contributed by atoms with Gasteiger partial charge in [0, 0.05) is 36.0 Å². The number of rotatable bonds is 7. The maximum Gasteiger partial charge on any atom is 0.256 e. The minimum absolute atomic E-state index is 0.0925. The summed E-state index contributed by atoms with van der Waals surface area (Å²) in [6.45, 7) is 7.00. The molecule has 0 saturated carbocycles. The van der Waals surface area contributed by atoms with Crippen molar-refractivity contribution in [1.82, 2.24) is 9.47 Å². The lowest BCUT2D eigenvalue weighted by Crippen LogP contribution is -2.37. The van der Waals surface area contributed by atoms with Crippen LogP contribution in [-0.4, -0.2) is 34.6 Å². The number of hydrogen-bond donors (Lipinski definition) is 0. The van der Waals surface area contributed by atoms with Gasteiger partial charge in [-0.25, -0.2) is 0 Å². The molecule has 1 amide bonds. The minimum atomic E-state index is 0.0925. The van der Waals surface area contributed by atoms with Gasteiger partial charge in [-0.05, 0) is 49.8 Å². The predicted octanol–water partition coefficient (Wildman–Crippen LogP) is 5.04. The van der Waals surface area contributed by atoms with Crippen molar-refractivity contribution in [3.05, 3.63) is 81.3 Å². The smallest absolute Gasteiger partial charge is 0.256 e. The molecule has 1 aliphatic heterocycles. The highest BCUT2D eigenvalue weighted by Crippen LogP contribution is 2.23.